The smallest absolute Gasteiger partial charge is 0.0605 e. The first-order valence-electron chi connectivity index (χ1n) is 8.32. The van der Waals surface area contributed by atoms with Gasteiger partial charge < -0.3 is 5.32 Å². The summed E-state index contributed by atoms with van der Waals surface area (Å²) in [6.45, 7) is 9.90. The number of rotatable bonds is 5. The van der Waals surface area contributed by atoms with Crippen molar-refractivity contribution in [3.63, 3.8) is 0 Å². The number of hydrogen-bond donors (Lipinski definition) is 1. The fourth-order valence-electron chi connectivity index (χ4n) is 3.76. The summed E-state index contributed by atoms with van der Waals surface area (Å²) < 4.78 is 0. The van der Waals surface area contributed by atoms with E-state index < -0.39 is 0 Å². The predicted molar refractivity (Wildman–Crippen MR) is 85.9 cm³/mol. The first-order chi connectivity index (χ1) is 9.65. The Hall–Kier alpha value is -0.890. The van der Waals surface area contributed by atoms with E-state index in [9.17, 15) is 0 Å². The van der Waals surface area contributed by atoms with Gasteiger partial charge in [-0.25, -0.2) is 0 Å². The minimum Gasteiger partial charge on any atom is -0.309 e. The van der Waals surface area contributed by atoms with E-state index in [1.165, 1.54) is 48.9 Å². The van der Waals surface area contributed by atoms with E-state index >= 15 is 0 Å². The van der Waals surface area contributed by atoms with E-state index in [-0.39, 0.29) is 0 Å². The molecule has 0 saturated heterocycles. The van der Waals surface area contributed by atoms with Gasteiger partial charge in [-0.1, -0.05) is 39.2 Å². The van der Waals surface area contributed by atoms with Crippen LogP contribution in [0.2, 0.25) is 0 Å². The number of aryl methyl sites for hydroxylation is 2. The highest BCUT2D eigenvalue weighted by Crippen LogP contribution is 2.38. The summed E-state index contributed by atoms with van der Waals surface area (Å²) >= 11 is 0. The summed E-state index contributed by atoms with van der Waals surface area (Å²) in [5.74, 6) is 1.67. The Bertz CT molecular complexity index is 427. The van der Waals surface area contributed by atoms with Crippen LogP contribution in [0.5, 0.6) is 0 Å². The first-order valence-corrected chi connectivity index (χ1v) is 8.32. The molecule has 1 heterocycles. The monoisotopic (exact) mass is 274 g/mol. The Morgan fingerprint density at radius 2 is 2.10 bits per heavy atom. The zero-order valence-electron chi connectivity index (χ0n) is 13.6. The van der Waals surface area contributed by atoms with E-state index in [1.54, 1.807) is 0 Å². The van der Waals surface area contributed by atoms with Crippen LogP contribution in [0.1, 0.15) is 68.8 Å². The lowest BCUT2D eigenvalue weighted by atomic mass is 9.75. The topological polar surface area (TPSA) is 24.9 Å². The number of pyridine rings is 1. The van der Waals surface area contributed by atoms with Gasteiger partial charge in [0, 0.05) is 6.20 Å². The van der Waals surface area contributed by atoms with Crippen molar-refractivity contribution in [1.29, 1.82) is 0 Å². The summed E-state index contributed by atoms with van der Waals surface area (Å²) in [7, 11) is 0. The maximum absolute atomic E-state index is 4.76. The largest absolute Gasteiger partial charge is 0.309 e. The second kappa shape index (κ2) is 7.21. The van der Waals surface area contributed by atoms with E-state index in [1.807, 2.05) is 6.20 Å². The minimum atomic E-state index is 0.440. The standard InChI is InChI=1S/C18H30N2/c1-5-15-8-7-9-16(11-15)18(19-6-2)17-14(4)10-13(3)12-20-17/h10,12,15-16,18-19H,5-9,11H2,1-4H3. The van der Waals surface area contributed by atoms with Gasteiger partial charge in [0.05, 0.1) is 11.7 Å². The molecule has 1 aromatic rings. The molecule has 1 saturated carbocycles. The van der Waals surface area contributed by atoms with Gasteiger partial charge in [-0.05, 0) is 56.2 Å². The van der Waals surface area contributed by atoms with Crippen LogP contribution < -0.4 is 5.32 Å². The first kappa shape index (κ1) is 15.5. The average Bonchev–Trinajstić information content (AvgIpc) is 2.45. The third-order valence-corrected chi connectivity index (χ3v) is 4.85. The quantitative estimate of drug-likeness (QED) is 0.851. The Labute approximate surface area is 124 Å². The number of hydrogen-bond acceptors (Lipinski definition) is 2. The van der Waals surface area contributed by atoms with E-state index in [2.05, 4.69) is 39.1 Å². The molecule has 0 bridgehead atoms. The van der Waals surface area contributed by atoms with Gasteiger partial charge in [-0.2, -0.15) is 0 Å². The second-order valence-corrected chi connectivity index (χ2v) is 6.45. The Balaban J connectivity index is 2.21. The van der Waals surface area contributed by atoms with Crippen LogP contribution in [0.15, 0.2) is 12.3 Å². The minimum absolute atomic E-state index is 0.440. The Kier molecular flexibility index (Phi) is 5.59. The van der Waals surface area contributed by atoms with Gasteiger partial charge in [0.15, 0.2) is 0 Å². The molecule has 1 aliphatic rings. The van der Waals surface area contributed by atoms with Crippen molar-refractivity contribution < 1.29 is 0 Å². The van der Waals surface area contributed by atoms with Gasteiger partial charge in [-0.15, -0.1) is 0 Å². The molecule has 0 aliphatic heterocycles. The van der Waals surface area contributed by atoms with Crippen LogP contribution >= 0.6 is 0 Å². The zero-order valence-corrected chi connectivity index (χ0v) is 13.6. The fourth-order valence-corrected chi connectivity index (χ4v) is 3.76. The molecule has 0 spiro atoms. The van der Waals surface area contributed by atoms with Crippen molar-refractivity contribution in [2.75, 3.05) is 6.54 Å². The molecule has 2 rings (SSSR count). The second-order valence-electron chi connectivity index (χ2n) is 6.45. The lowest BCUT2D eigenvalue weighted by molar-refractivity contribution is 0.208. The van der Waals surface area contributed by atoms with E-state index in [0.29, 0.717) is 6.04 Å². The molecule has 0 radical (unpaired) electrons. The summed E-state index contributed by atoms with van der Waals surface area (Å²) in [4.78, 5) is 4.76. The van der Waals surface area contributed by atoms with Crippen molar-refractivity contribution >= 4 is 0 Å². The molecule has 1 fully saturated rings. The SMILES string of the molecule is CCNC(c1ncc(C)cc1C)C1CCCC(CC)C1. The molecule has 3 atom stereocenters. The van der Waals surface area contributed by atoms with E-state index in [4.69, 9.17) is 4.98 Å². The predicted octanol–water partition coefficient (Wildman–Crippen LogP) is 4.57. The van der Waals surface area contributed by atoms with Gasteiger partial charge in [0.25, 0.3) is 0 Å². The van der Waals surface area contributed by atoms with Gasteiger partial charge in [0.2, 0.25) is 0 Å². The number of nitrogens with zero attached hydrogens (tertiary/aromatic N) is 1. The average molecular weight is 274 g/mol. The molecule has 112 valence electrons. The Morgan fingerprint density at radius 3 is 2.75 bits per heavy atom. The van der Waals surface area contributed by atoms with Crippen LogP contribution in [0, 0.1) is 25.7 Å². The highest BCUT2D eigenvalue weighted by Gasteiger charge is 2.29. The maximum Gasteiger partial charge on any atom is 0.0605 e. The van der Waals surface area contributed by atoms with Crippen molar-refractivity contribution in [3.8, 4) is 0 Å². The van der Waals surface area contributed by atoms with Gasteiger partial charge in [-0.3, -0.25) is 4.98 Å². The van der Waals surface area contributed by atoms with Crippen LogP contribution in [0.4, 0.5) is 0 Å². The molecule has 0 amide bonds. The van der Waals surface area contributed by atoms with Crippen molar-refractivity contribution in [2.24, 2.45) is 11.8 Å². The third kappa shape index (κ3) is 3.60. The molecule has 0 aromatic carbocycles. The lowest BCUT2D eigenvalue weighted by Crippen LogP contribution is -2.32. The molecule has 1 N–H and O–H groups in total. The number of aromatic nitrogens is 1. The summed E-state index contributed by atoms with van der Waals surface area (Å²) in [6, 6.07) is 2.71. The maximum atomic E-state index is 4.76. The molecule has 20 heavy (non-hydrogen) atoms. The van der Waals surface area contributed by atoms with Gasteiger partial charge in [0.1, 0.15) is 0 Å². The van der Waals surface area contributed by atoms with Gasteiger partial charge >= 0.3 is 0 Å². The summed E-state index contributed by atoms with van der Waals surface area (Å²) in [6.07, 6.45) is 8.87. The van der Waals surface area contributed by atoms with Crippen molar-refractivity contribution in [2.45, 2.75) is 65.8 Å². The third-order valence-electron chi connectivity index (χ3n) is 4.85. The normalized spacial score (nSPS) is 24.6. The highest BCUT2D eigenvalue weighted by molar-refractivity contribution is 5.26. The van der Waals surface area contributed by atoms with Crippen molar-refractivity contribution in [1.82, 2.24) is 10.3 Å². The van der Waals surface area contributed by atoms with Crippen LogP contribution in [0.3, 0.4) is 0 Å². The fraction of sp³-hybridized carbons (Fsp3) is 0.722. The molecule has 1 aliphatic carbocycles. The summed E-state index contributed by atoms with van der Waals surface area (Å²) in [5, 5.41) is 3.71. The number of nitrogens with one attached hydrogen (secondary N) is 1. The molecular weight excluding hydrogens is 244 g/mol. The molecule has 1 aromatic heterocycles. The highest BCUT2D eigenvalue weighted by atomic mass is 14.9. The Morgan fingerprint density at radius 1 is 1.30 bits per heavy atom. The van der Waals surface area contributed by atoms with Crippen molar-refractivity contribution in [3.05, 3.63) is 29.1 Å². The van der Waals surface area contributed by atoms with Crippen LogP contribution in [-0.2, 0) is 0 Å². The molecular formula is C18H30N2. The van der Waals surface area contributed by atoms with Crippen LogP contribution in [0.25, 0.3) is 0 Å². The van der Waals surface area contributed by atoms with E-state index in [0.717, 1.165) is 18.4 Å². The molecule has 3 unspecified atom stereocenters. The van der Waals surface area contributed by atoms with Crippen LogP contribution in [-0.4, -0.2) is 11.5 Å². The molecule has 2 nitrogen and oxygen atoms in total. The molecule has 2 heteroatoms. The zero-order chi connectivity index (χ0) is 14.5. The summed E-state index contributed by atoms with van der Waals surface area (Å²) in [5.41, 5.74) is 3.88. The lowest BCUT2D eigenvalue weighted by Gasteiger charge is -2.35.